The van der Waals surface area contributed by atoms with Crippen molar-refractivity contribution in [2.24, 2.45) is 0 Å². The lowest BCUT2D eigenvalue weighted by Crippen LogP contribution is -2.15. The maximum atomic E-state index is 12.1. The van der Waals surface area contributed by atoms with Gasteiger partial charge in [0.1, 0.15) is 0 Å². The summed E-state index contributed by atoms with van der Waals surface area (Å²) in [6.45, 7) is 1.23. The van der Waals surface area contributed by atoms with E-state index in [1.165, 1.54) is 13.0 Å². The van der Waals surface area contributed by atoms with Crippen LogP contribution in [0.5, 0.6) is 0 Å². The molecule has 7 heteroatoms. The molecule has 24 heavy (non-hydrogen) atoms. The van der Waals surface area contributed by atoms with E-state index in [4.69, 9.17) is 14.5 Å². The minimum absolute atomic E-state index is 0.629. The molecule has 2 aromatic carbocycles. The summed E-state index contributed by atoms with van der Waals surface area (Å²) in [5.74, 6) is -0.765. The number of carbonyl (C=O) groups is 1. The van der Waals surface area contributed by atoms with Crippen molar-refractivity contribution in [3.8, 4) is 0 Å². The van der Waals surface area contributed by atoms with E-state index in [0.29, 0.717) is 5.57 Å². The highest BCUT2D eigenvalue weighted by Crippen LogP contribution is 2.37. The predicted molar refractivity (Wildman–Crippen MR) is 88.6 cm³/mol. The van der Waals surface area contributed by atoms with Gasteiger partial charge in [0.05, 0.1) is 0 Å². The van der Waals surface area contributed by atoms with Crippen LogP contribution in [0.2, 0.25) is 0 Å². The fourth-order valence-corrected chi connectivity index (χ4v) is 2.53. The number of carbonyl (C=O) groups excluding carboxylic acids is 1. The summed E-state index contributed by atoms with van der Waals surface area (Å²) < 4.78 is 19.9. The molecule has 0 spiro atoms. The van der Waals surface area contributed by atoms with Crippen LogP contribution in [-0.4, -0.2) is 22.0 Å². The molecular formula is C17H17O6P. The quantitative estimate of drug-likeness (QED) is 0.361. The van der Waals surface area contributed by atoms with Gasteiger partial charge in [-0.1, -0.05) is 60.7 Å². The summed E-state index contributed by atoms with van der Waals surface area (Å²) in [6, 6.07) is 18.5. The average Bonchev–Trinajstić information content (AvgIpc) is 2.52. The van der Waals surface area contributed by atoms with Crippen LogP contribution < -0.4 is 0 Å². The minimum atomic E-state index is -4.73. The molecule has 0 bridgehead atoms. The van der Waals surface area contributed by atoms with Gasteiger partial charge in [-0.15, -0.1) is 0 Å². The van der Waals surface area contributed by atoms with Crippen molar-refractivity contribution >= 4 is 19.4 Å². The summed E-state index contributed by atoms with van der Waals surface area (Å²) in [7, 11) is -4.73. The van der Waals surface area contributed by atoms with Crippen molar-refractivity contribution in [1.82, 2.24) is 0 Å². The van der Waals surface area contributed by atoms with Gasteiger partial charge in [0, 0.05) is 6.08 Å². The Hall–Kier alpha value is -2.24. The zero-order valence-corrected chi connectivity index (χ0v) is 13.8. The first kappa shape index (κ1) is 18.1. The smallest absolute Gasteiger partial charge is 0.432 e. The normalized spacial score (nSPS) is 12.3. The molecule has 0 amide bonds. The van der Waals surface area contributed by atoms with Crippen LogP contribution in [0.15, 0.2) is 66.7 Å². The molecule has 0 saturated heterocycles. The van der Waals surface area contributed by atoms with Gasteiger partial charge in [-0.3, -0.25) is 0 Å². The first-order valence-corrected chi connectivity index (χ1v) is 8.65. The van der Waals surface area contributed by atoms with Gasteiger partial charge in [-0.05, 0) is 23.6 Å². The van der Waals surface area contributed by atoms with E-state index >= 15 is 0 Å². The Kier molecular flexibility index (Phi) is 6.06. The maximum Gasteiger partial charge on any atom is 0.472 e. The van der Waals surface area contributed by atoms with E-state index in [2.05, 4.69) is 4.52 Å². The van der Waals surface area contributed by atoms with Crippen LogP contribution in [-0.2, 0) is 18.6 Å². The van der Waals surface area contributed by atoms with Crippen molar-refractivity contribution in [3.63, 3.8) is 0 Å². The van der Waals surface area contributed by atoms with Gasteiger partial charge >= 0.3 is 13.8 Å². The maximum absolute atomic E-state index is 12.1. The number of phosphoric ester groups is 1. The van der Waals surface area contributed by atoms with Gasteiger partial charge in [0.2, 0.25) is 6.29 Å². The number of rotatable bonds is 6. The molecule has 126 valence electrons. The number of benzene rings is 2. The Morgan fingerprint density at radius 1 is 1.00 bits per heavy atom. The molecule has 0 aromatic heterocycles. The first-order chi connectivity index (χ1) is 11.3. The van der Waals surface area contributed by atoms with Crippen LogP contribution in [0.1, 0.15) is 18.1 Å². The Balaban J connectivity index is 2.26. The third-order valence-electron chi connectivity index (χ3n) is 3.00. The zero-order valence-electron chi connectivity index (χ0n) is 12.9. The van der Waals surface area contributed by atoms with Gasteiger partial charge in [0.15, 0.2) is 0 Å². The Bertz CT molecular complexity index is 710. The van der Waals surface area contributed by atoms with Gasteiger partial charge in [-0.2, -0.15) is 0 Å². The molecule has 2 N–H and O–H groups in total. The molecule has 1 unspecified atom stereocenters. The van der Waals surface area contributed by atoms with Crippen molar-refractivity contribution in [3.05, 3.63) is 77.9 Å². The molecule has 1 atom stereocenters. The third kappa shape index (κ3) is 5.76. The number of phosphoric acid groups is 1. The second-order valence-corrected chi connectivity index (χ2v) is 6.08. The fourth-order valence-electron chi connectivity index (χ4n) is 2.10. The van der Waals surface area contributed by atoms with E-state index in [0.717, 1.165) is 11.1 Å². The van der Waals surface area contributed by atoms with E-state index in [1.807, 2.05) is 60.7 Å². The molecule has 0 aliphatic carbocycles. The first-order valence-electron chi connectivity index (χ1n) is 7.12. The third-order valence-corrected chi connectivity index (χ3v) is 3.57. The van der Waals surface area contributed by atoms with E-state index in [1.54, 1.807) is 0 Å². The lowest BCUT2D eigenvalue weighted by molar-refractivity contribution is -0.156. The molecule has 2 rings (SSSR count). The monoisotopic (exact) mass is 348 g/mol. The van der Waals surface area contributed by atoms with Crippen LogP contribution in [0.4, 0.5) is 0 Å². The fraction of sp³-hybridized carbons (Fsp3) is 0.118. The highest BCUT2D eigenvalue weighted by Gasteiger charge is 2.21. The lowest BCUT2D eigenvalue weighted by Gasteiger charge is -2.14. The van der Waals surface area contributed by atoms with E-state index in [9.17, 15) is 9.36 Å². The van der Waals surface area contributed by atoms with Crippen LogP contribution >= 0.6 is 7.82 Å². The second kappa shape index (κ2) is 8.04. The predicted octanol–water partition coefficient (Wildman–Crippen LogP) is 3.12. The summed E-state index contributed by atoms with van der Waals surface area (Å²) in [4.78, 5) is 29.5. The molecule has 0 saturated carbocycles. The molecular weight excluding hydrogens is 331 g/mol. The van der Waals surface area contributed by atoms with Crippen LogP contribution in [0.3, 0.4) is 0 Å². The van der Waals surface area contributed by atoms with E-state index < -0.39 is 20.1 Å². The van der Waals surface area contributed by atoms with Crippen molar-refractivity contribution in [2.45, 2.75) is 13.2 Å². The minimum Gasteiger partial charge on any atom is -0.432 e. The van der Waals surface area contributed by atoms with Gasteiger partial charge in [0.25, 0.3) is 0 Å². The van der Waals surface area contributed by atoms with Crippen LogP contribution in [0.25, 0.3) is 5.57 Å². The largest absolute Gasteiger partial charge is 0.472 e. The van der Waals surface area contributed by atoms with Crippen molar-refractivity contribution in [2.75, 3.05) is 0 Å². The Morgan fingerprint density at radius 2 is 1.46 bits per heavy atom. The molecule has 0 radical (unpaired) electrons. The number of ether oxygens (including phenoxy) is 1. The van der Waals surface area contributed by atoms with Crippen molar-refractivity contribution < 1.29 is 28.4 Å². The average molecular weight is 348 g/mol. The molecule has 0 aliphatic rings. The topological polar surface area (TPSA) is 93.1 Å². The lowest BCUT2D eigenvalue weighted by atomic mass is 9.98. The number of esters is 1. The summed E-state index contributed by atoms with van der Waals surface area (Å²) in [5, 5.41) is 0. The van der Waals surface area contributed by atoms with Gasteiger partial charge < -0.3 is 14.5 Å². The zero-order chi connectivity index (χ0) is 17.6. The summed E-state index contributed by atoms with van der Waals surface area (Å²) in [6.07, 6.45) is -0.105. The Morgan fingerprint density at radius 3 is 1.88 bits per heavy atom. The molecule has 0 fully saturated rings. The van der Waals surface area contributed by atoms with E-state index in [-0.39, 0.29) is 0 Å². The second-order valence-electron chi connectivity index (χ2n) is 4.89. The summed E-state index contributed by atoms with van der Waals surface area (Å²) >= 11 is 0. The van der Waals surface area contributed by atoms with Crippen LogP contribution in [0, 0.1) is 0 Å². The Labute approximate surface area is 139 Å². The highest BCUT2D eigenvalue weighted by molar-refractivity contribution is 7.46. The number of hydrogen-bond donors (Lipinski definition) is 2. The summed E-state index contributed by atoms with van der Waals surface area (Å²) in [5.41, 5.74) is 2.25. The number of hydrogen-bond acceptors (Lipinski definition) is 4. The molecule has 0 heterocycles. The molecule has 2 aromatic rings. The standard InChI is InChI=1S/C17H17O6P/c1-13(23-24(19,20)21)22-17(18)12-16(14-8-4-2-5-9-14)15-10-6-3-7-11-15/h2-13H,1H3,(H2,19,20,21). The SMILES string of the molecule is CC(OC(=O)C=C(c1ccccc1)c1ccccc1)OP(=O)(O)O. The molecule has 6 nitrogen and oxygen atoms in total. The highest BCUT2D eigenvalue weighted by atomic mass is 31.2. The molecule has 0 aliphatic heterocycles. The van der Waals surface area contributed by atoms with Crippen molar-refractivity contribution in [1.29, 1.82) is 0 Å². The van der Waals surface area contributed by atoms with Gasteiger partial charge in [-0.25, -0.2) is 13.9 Å².